The third-order valence-corrected chi connectivity index (χ3v) is 9.58. The second kappa shape index (κ2) is 11.9. The number of aryl methyl sites for hydroxylation is 1. The molecular weight excluding hydrogens is 526 g/mol. The molecule has 204 valence electrons. The second-order valence-electron chi connectivity index (χ2n) is 10.1. The van der Waals surface area contributed by atoms with Crippen LogP contribution in [-0.2, 0) is 25.6 Å². The molecule has 2 atom stereocenters. The fourth-order valence-corrected chi connectivity index (χ4v) is 7.62. The molecular formula is C25H33N7O4S2. The lowest BCUT2D eigenvalue weighted by Crippen LogP contribution is -2.33. The molecule has 4 amide bonds. The summed E-state index contributed by atoms with van der Waals surface area (Å²) in [6.07, 6.45) is 7.42. The molecule has 2 N–H and O–H groups in total. The molecule has 2 aromatic rings. The van der Waals surface area contributed by atoms with Crippen molar-refractivity contribution >= 4 is 56.6 Å². The van der Waals surface area contributed by atoms with Crippen molar-refractivity contribution < 1.29 is 19.2 Å². The first-order chi connectivity index (χ1) is 18.4. The van der Waals surface area contributed by atoms with E-state index in [0.29, 0.717) is 42.1 Å². The van der Waals surface area contributed by atoms with E-state index in [0.717, 1.165) is 55.6 Å². The van der Waals surface area contributed by atoms with Crippen LogP contribution in [0.1, 0.15) is 85.7 Å². The van der Waals surface area contributed by atoms with E-state index in [9.17, 15) is 19.2 Å². The number of carbonyl (C=O) groups excluding carboxylic acids is 4. The van der Waals surface area contributed by atoms with Crippen LogP contribution in [-0.4, -0.2) is 74.8 Å². The summed E-state index contributed by atoms with van der Waals surface area (Å²) < 4.78 is 0. The summed E-state index contributed by atoms with van der Waals surface area (Å²) in [6.45, 7) is 3.46. The van der Waals surface area contributed by atoms with E-state index < -0.39 is 0 Å². The van der Waals surface area contributed by atoms with Gasteiger partial charge in [-0.25, -0.2) is 4.98 Å². The first kappa shape index (κ1) is 26.7. The van der Waals surface area contributed by atoms with Crippen LogP contribution in [0.5, 0.6) is 0 Å². The predicted molar refractivity (Wildman–Crippen MR) is 144 cm³/mol. The van der Waals surface area contributed by atoms with Crippen molar-refractivity contribution in [2.24, 2.45) is 0 Å². The second-order valence-corrected chi connectivity index (χ2v) is 12.2. The summed E-state index contributed by atoms with van der Waals surface area (Å²) in [6, 6.07) is 0. The van der Waals surface area contributed by atoms with E-state index in [-0.39, 0.29) is 42.6 Å². The number of amides is 4. The van der Waals surface area contributed by atoms with E-state index in [2.05, 4.69) is 27.8 Å². The molecule has 13 heteroatoms. The highest BCUT2D eigenvalue weighted by Crippen LogP contribution is 2.45. The van der Waals surface area contributed by atoms with Crippen LogP contribution in [0.2, 0.25) is 0 Å². The number of thiazole rings is 1. The Morgan fingerprint density at radius 3 is 2.11 bits per heavy atom. The molecule has 3 aliphatic rings. The maximum atomic E-state index is 12.5. The van der Waals surface area contributed by atoms with Gasteiger partial charge in [-0.3, -0.25) is 24.5 Å². The Bertz CT molecular complexity index is 1210. The largest absolute Gasteiger partial charge is 0.333 e. The van der Waals surface area contributed by atoms with Crippen LogP contribution in [0.15, 0.2) is 0 Å². The van der Waals surface area contributed by atoms with Crippen LogP contribution in [0.25, 0.3) is 0 Å². The Balaban J connectivity index is 1.19. The topological polar surface area (TPSA) is 137 Å². The Hall–Kier alpha value is -2.93. The zero-order valence-corrected chi connectivity index (χ0v) is 23.2. The normalized spacial score (nSPS) is 21.8. The maximum Gasteiger partial charge on any atom is 0.245 e. The first-order valence-corrected chi connectivity index (χ1v) is 15.0. The van der Waals surface area contributed by atoms with Gasteiger partial charge in [-0.05, 0) is 44.4 Å². The summed E-state index contributed by atoms with van der Waals surface area (Å²) in [5.41, 5.74) is 1.01. The van der Waals surface area contributed by atoms with Gasteiger partial charge >= 0.3 is 0 Å². The number of hydrogen-bond acceptors (Lipinski definition) is 9. The number of hydrogen-bond donors (Lipinski definition) is 2. The highest BCUT2D eigenvalue weighted by Gasteiger charge is 2.31. The van der Waals surface area contributed by atoms with Gasteiger partial charge in [0, 0.05) is 36.7 Å². The minimum absolute atomic E-state index is 0.0188. The third kappa shape index (κ3) is 6.20. The van der Waals surface area contributed by atoms with Crippen LogP contribution in [0.3, 0.4) is 0 Å². The van der Waals surface area contributed by atoms with Crippen molar-refractivity contribution in [1.29, 1.82) is 0 Å². The van der Waals surface area contributed by atoms with Gasteiger partial charge in [0.2, 0.25) is 28.8 Å². The molecule has 0 spiro atoms. The number of aromatic nitrogens is 3. The summed E-state index contributed by atoms with van der Waals surface area (Å²) in [5, 5.41) is 16.2. The first-order valence-electron chi connectivity index (χ1n) is 13.4. The third-order valence-electron chi connectivity index (χ3n) is 7.40. The molecule has 0 aromatic carbocycles. The molecule has 11 nitrogen and oxygen atoms in total. The highest BCUT2D eigenvalue weighted by atomic mass is 32.1. The fraction of sp³-hybridized carbons (Fsp3) is 0.640. The number of likely N-dealkylation sites (tertiary alicyclic amines) is 2. The van der Waals surface area contributed by atoms with Crippen LogP contribution < -0.4 is 10.6 Å². The van der Waals surface area contributed by atoms with Crippen LogP contribution in [0, 0.1) is 0 Å². The van der Waals surface area contributed by atoms with Crippen LogP contribution in [0.4, 0.5) is 10.3 Å². The van der Waals surface area contributed by atoms with Gasteiger partial charge in [0.05, 0.1) is 18.8 Å². The zero-order chi connectivity index (χ0) is 26.6. The Morgan fingerprint density at radius 2 is 1.50 bits per heavy atom. The van der Waals surface area contributed by atoms with Gasteiger partial charge in [0.1, 0.15) is 5.01 Å². The van der Waals surface area contributed by atoms with Crippen molar-refractivity contribution in [3.8, 4) is 0 Å². The monoisotopic (exact) mass is 559 g/mol. The molecule has 2 aromatic heterocycles. The molecule has 1 saturated carbocycles. The average molecular weight is 560 g/mol. The molecule has 3 fully saturated rings. The maximum absolute atomic E-state index is 12.5. The number of anilines is 2. The summed E-state index contributed by atoms with van der Waals surface area (Å²) in [4.78, 5) is 57.6. The molecule has 2 saturated heterocycles. The molecule has 0 bridgehead atoms. The van der Waals surface area contributed by atoms with Gasteiger partial charge in [-0.15, -0.1) is 21.5 Å². The molecule has 38 heavy (non-hydrogen) atoms. The highest BCUT2D eigenvalue weighted by molar-refractivity contribution is 7.16. The van der Waals surface area contributed by atoms with Crippen molar-refractivity contribution in [1.82, 2.24) is 25.0 Å². The standard InChI is InChI=1S/C25H33N7O4S2/c1-2-17-22(37-24(26-17)27-18(33)13-31-10-4-8-20(31)35)15-6-3-7-16(12-15)23-29-30-25(38-23)28-19(34)14-32-11-5-9-21(32)36/h15-16H,2-14H2,1H3,(H,26,27,33)(H,28,30,34). The van der Waals surface area contributed by atoms with Crippen molar-refractivity contribution in [3.05, 3.63) is 15.6 Å². The minimum Gasteiger partial charge on any atom is -0.333 e. The lowest BCUT2D eigenvalue weighted by molar-refractivity contribution is -0.131. The van der Waals surface area contributed by atoms with Gasteiger partial charge in [0.25, 0.3) is 0 Å². The van der Waals surface area contributed by atoms with Crippen molar-refractivity contribution in [2.75, 3.05) is 36.8 Å². The predicted octanol–water partition coefficient (Wildman–Crippen LogP) is 3.12. The lowest BCUT2D eigenvalue weighted by atomic mass is 9.80. The summed E-state index contributed by atoms with van der Waals surface area (Å²) in [7, 11) is 0. The Kier molecular flexibility index (Phi) is 8.32. The quantitative estimate of drug-likeness (QED) is 0.481. The molecule has 0 radical (unpaired) electrons. The average Bonchev–Trinajstić information content (AvgIpc) is 3.69. The molecule has 2 unspecified atom stereocenters. The summed E-state index contributed by atoms with van der Waals surface area (Å²) >= 11 is 2.94. The molecule has 1 aliphatic carbocycles. The van der Waals surface area contributed by atoms with Crippen molar-refractivity contribution in [3.63, 3.8) is 0 Å². The van der Waals surface area contributed by atoms with Gasteiger partial charge in [0.15, 0.2) is 5.13 Å². The Morgan fingerprint density at radius 1 is 0.868 bits per heavy atom. The number of nitrogens with one attached hydrogen (secondary N) is 2. The van der Waals surface area contributed by atoms with Gasteiger partial charge in [-0.2, -0.15) is 0 Å². The lowest BCUT2D eigenvalue weighted by Gasteiger charge is -2.27. The summed E-state index contributed by atoms with van der Waals surface area (Å²) in [5.74, 6) is 0.153. The minimum atomic E-state index is -0.245. The van der Waals surface area contributed by atoms with Gasteiger partial charge < -0.3 is 15.1 Å². The number of nitrogens with zero attached hydrogens (tertiary/aromatic N) is 5. The zero-order valence-electron chi connectivity index (χ0n) is 21.5. The SMILES string of the molecule is CCc1nc(NC(=O)CN2CCCC2=O)sc1C1CCCC(c2nnc(NC(=O)CN3CCCC3=O)s2)C1. The molecule has 5 rings (SSSR count). The van der Waals surface area contributed by atoms with Crippen LogP contribution >= 0.6 is 22.7 Å². The van der Waals surface area contributed by atoms with Gasteiger partial charge in [-0.1, -0.05) is 24.7 Å². The van der Waals surface area contributed by atoms with E-state index in [1.165, 1.54) is 27.6 Å². The molecule has 4 heterocycles. The smallest absolute Gasteiger partial charge is 0.245 e. The fourth-order valence-electron chi connectivity index (χ4n) is 5.50. The van der Waals surface area contributed by atoms with E-state index in [4.69, 9.17) is 4.98 Å². The molecule has 2 aliphatic heterocycles. The van der Waals surface area contributed by atoms with Crippen molar-refractivity contribution in [2.45, 2.75) is 76.5 Å². The number of rotatable bonds is 9. The van der Waals surface area contributed by atoms with E-state index >= 15 is 0 Å². The van der Waals surface area contributed by atoms with E-state index in [1.807, 2.05) is 0 Å². The van der Waals surface area contributed by atoms with E-state index in [1.54, 1.807) is 9.80 Å². The number of carbonyl (C=O) groups is 4. The Labute approximate surface area is 229 Å².